The summed E-state index contributed by atoms with van der Waals surface area (Å²) >= 11 is 6.07. The molecule has 0 aliphatic carbocycles. The molecule has 3 amide bonds. The van der Waals surface area contributed by atoms with Crippen molar-refractivity contribution in [3.63, 3.8) is 0 Å². The molecule has 106 valence electrons. The molecule has 2 aromatic carbocycles. The SMILES string of the molecule is O=C1NC(Cc2ccccc2)C(=O)N1c1ccccc1Cl. The van der Waals surface area contributed by atoms with Gasteiger partial charge in [0.2, 0.25) is 0 Å². The molecule has 1 atom stereocenters. The van der Waals surface area contributed by atoms with E-state index in [0.29, 0.717) is 17.1 Å². The minimum Gasteiger partial charge on any atom is -0.325 e. The number of carbonyl (C=O) groups excluding carboxylic acids is 2. The van der Waals surface area contributed by atoms with Gasteiger partial charge in [-0.15, -0.1) is 0 Å². The summed E-state index contributed by atoms with van der Waals surface area (Å²) in [5.74, 6) is -0.281. The summed E-state index contributed by atoms with van der Waals surface area (Å²) in [7, 11) is 0. The number of hydrogen-bond donors (Lipinski definition) is 1. The van der Waals surface area contributed by atoms with Gasteiger partial charge >= 0.3 is 6.03 Å². The van der Waals surface area contributed by atoms with Crippen molar-refractivity contribution >= 4 is 29.2 Å². The first-order chi connectivity index (χ1) is 10.2. The molecule has 1 unspecified atom stereocenters. The normalized spacial score (nSPS) is 18.0. The van der Waals surface area contributed by atoms with E-state index in [9.17, 15) is 9.59 Å². The Morgan fingerprint density at radius 2 is 1.67 bits per heavy atom. The van der Waals surface area contributed by atoms with Gasteiger partial charge in [0.05, 0.1) is 10.7 Å². The number of urea groups is 1. The third kappa shape index (κ3) is 2.62. The van der Waals surface area contributed by atoms with Crippen LogP contribution in [0.5, 0.6) is 0 Å². The number of anilines is 1. The third-order valence-corrected chi connectivity index (χ3v) is 3.71. The fourth-order valence-electron chi connectivity index (χ4n) is 2.38. The van der Waals surface area contributed by atoms with E-state index < -0.39 is 12.1 Å². The number of rotatable bonds is 3. The summed E-state index contributed by atoms with van der Waals surface area (Å²) in [6, 6.07) is 15.4. The van der Waals surface area contributed by atoms with Crippen LogP contribution in [0.25, 0.3) is 0 Å². The first-order valence-corrected chi connectivity index (χ1v) is 6.97. The molecule has 3 rings (SSSR count). The fraction of sp³-hybridized carbons (Fsp3) is 0.125. The molecule has 1 N–H and O–H groups in total. The molecule has 1 saturated heterocycles. The second-order valence-electron chi connectivity index (χ2n) is 4.82. The molecule has 5 heteroatoms. The van der Waals surface area contributed by atoms with E-state index in [2.05, 4.69) is 5.32 Å². The van der Waals surface area contributed by atoms with Crippen LogP contribution < -0.4 is 10.2 Å². The Balaban J connectivity index is 1.84. The summed E-state index contributed by atoms with van der Waals surface area (Å²) in [6.45, 7) is 0. The molecule has 0 radical (unpaired) electrons. The molecule has 2 aromatic rings. The summed E-state index contributed by atoms with van der Waals surface area (Å²) in [6.07, 6.45) is 0.465. The monoisotopic (exact) mass is 300 g/mol. The average molecular weight is 301 g/mol. The van der Waals surface area contributed by atoms with Gasteiger partial charge in [0.15, 0.2) is 0 Å². The highest BCUT2D eigenvalue weighted by Gasteiger charge is 2.39. The number of imide groups is 1. The highest BCUT2D eigenvalue weighted by atomic mass is 35.5. The van der Waals surface area contributed by atoms with E-state index in [1.54, 1.807) is 24.3 Å². The van der Waals surface area contributed by atoms with E-state index in [4.69, 9.17) is 11.6 Å². The van der Waals surface area contributed by atoms with E-state index in [0.717, 1.165) is 10.5 Å². The van der Waals surface area contributed by atoms with E-state index in [-0.39, 0.29) is 5.91 Å². The second kappa shape index (κ2) is 5.58. The first-order valence-electron chi connectivity index (χ1n) is 6.60. The van der Waals surface area contributed by atoms with Crippen LogP contribution in [-0.4, -0.2) is 18.0 Å². The van der Waals surface area contributed by atoms with Crippen LogP contribution in [0.3, 0.4) is 0 Å². The number of halogens is 1. The largest absolute Gasteiger partial charge is 0.329 e. The number of amides is 3. The smallest absolute Gasteiger partial charge is 0.325 e. The quantitative estimate of drug-likeness (QED) is 0.886. The minimum atomic E-state index is -0.559. The van der Waals surface area contributed by atoms with Gasteiger partial charge in [-0.2, -0.15) is 0 Å². The Morgan fingerprint density at radius 1 is 1.00 bits per heavy atom. The van der Waals surface area contributed by atoms with Gasteiger partial charge in [-0.1, -0.05) is 54.1 Å². The van der Waals surface area contributed by atoms with Crippen molar-refractivity contribution in [2.24, 2.45) is 0 Å². The van der Waals surface area contributed by atoms with Gasteiger partial charge in [-0.25, -0.2) is 9.69 Å². The number of hydrogen-bond acceptors (Lipinski definition) is 2. The van der Waals surface area contributed by atoms with Gasteiger partial charge < -0.3 is 5.32 Å². The van der Waals surface area contributed by atoms with Gasteiger partial charge in [-0.3, -0.25) is 4.79 Å². The summed E-state index contributed by atoms with van der Waals surface area (Å²) in [5, 5.41) is 3.08. The molecular weight excluding hydrogens is 288 g/mol. The van der Waals surface area contributed by atoms with Crippen LogP contribution in [0, 0.1) is 0 Å². The predicted molar refractivity (Wildman–Crippen MR) is 81.4 cm³/mol. The Labute approximate surface area is 127 Å². The standard InChI is InChI=1S/C16H13ClN2O2/c17-12-8-4-5-9-14(12)19-15(20)13(18-16(19)21)10-11-6-2-1-3-7-11/h1-9,13H,10H2,(H,18,21). The average Bonchev–Trinajstić information content (AvgIpc) is 2.76. The van der Waals surface area contributed by atoms with Crippen molar-refractivity contribution in [1.82, 2.24) is 5.32 Å². The maximum absolute atomic E-state index is 12.5. The van der Waals surface area contributed by atoms with Crippen LogP contribution in [0.2, 0.25) is 5.02 Å². The number of benzene rings is 2. The lowest BCUT2D eigenvalue weighted by Crippen LogP contribution is -2.32. The number of carbonyl (C=O) groups is 2. The maximum Gasteiger partial charge on any atom is 0.329 e. The van der Waals surface area contributed by atoms with Crippen LogP contribution in [0.1, 0.15) is 5.56 Å². The lowest BCUT2D eigenvalue weighted by atomic mass is 10.1. The van der Waals surface area contributed by atoms with E-state index >= 15 is 0 Å². The number of nitrogens with zero attached hydrogens (tertiary/aromatic N) is 1. The van der Waals surface area contributed by atoms with Crippen molar-refractivity contribution in [3.8, 4) is 0 Å². The van der Waals surface area contributed by atoms with Crippen LogP contribution >= 0.6 is 11.6 Å². The van der Waals surface area contributed by atoms with Crippen molar-refractivity contribution in [2.45, 2.75) is 12.5 Å². The van der Waals surface area contributed by atoms with Crippen LogP contribution in [-0.2, 0) is 11.2 Å². The lowest BCUT2D eigenvalue weighted by molar-refractivity contribution is -0.118. The van der Waals surface area contributed by atoms with Crippen LogP contribution in [0.15, 0.2) is 54.6 Å². The first kappa shape index (κ1) is 13.6. The zero-order valence-electron chi connectivity index (χ0n) is 11.1. The zero-order valence-corrected chi connectivity index (χ0v) is 11.9. The Morgan fingerprint density at radius 3 is 2.38 bits per heavy atom. The Kier molecular flexibility index (Phi) is 3.62. The maximum atomic E-state index is 12.5. The predicted octanol–water partition coefficient (Wildman–Crippen LogP) is 3.01. The molecule has 0 saturated carbocycles. The molecule has 1 heterocycles. The summed E-state index contributed by atoms with van der Waals surface area (Å²) in [5.41, 5.74) is 1.41. The zero-order chi connectivity index (χ0) is 14.8. The van der Waals surface area contributed by atoms with Gasteiger partial charge in [0.25, 0.3) is 5.91 Å². The van der Waals surface area contributed by atoms with Crippen molar-refractivity contribution in [1.29, 1.82) is 0 Å². The molecule has 1 aliphatic rings. The Hall–Kier alpha value is -2.33. The van der Waals surface area contributed by atoms with E-state index in [1.807, 2.05) is 30.3 Å². The Bertz CT molecular complexity index is 688. The van der Waals surface area contributed by atoms with E-state index in [1.165, 1.54) is 0 Å². The molecule has 4 nitrogen and oxygen atoms in total. The molecule has 21 heavy (non-hydrogen) atoms. The van der Waals surface area contributed by atoms with Gasteiger partial charge in [0, 0.05) is 6.42 Å². The molecule has 1 aliphatic heterocycles. The van der Waals surface area contributed by atoms with Gasteiger partial charge in [0.1, 0.15) is 6.04 Å². The second-order valence-corrected chi connectivity index (χ2v) is 5.22. The fourth-order valence-corrected chi connectivity index (χ4v) is 2.60. The lowest BCUT2D eigenvalue weighted by Gasteiger charge is -2.14. The number of para-hydroxylation sites is 1. The van der Waals surface area contributed by atoms with Crippen molar-refractivity contribution < 1.29 is 9.59 Å². The molecule has 0 bridgehead atoms. The summed E-state index contributed by atoms with van der Waals surface area (Å²) in [4.78, 5) is 25.6. The van der Waals surface area contributed by atoms with Gasteiger partial charge in [-0.05, 0) is 17.7 Å². The highest BCUT2D eigenvalue weighted by Crippen LogP contribution is 2.28. The molecule has 0 spiro atoms. The van der Waals surface area contributed by atoms with Crippen molar-refractivity contribution in [2.75, 3.05) is 4.90 Å². The summed E-state index contributed by atoms with van der Waals surface area (Å²) < 4.78 is 0. The molecule has 1 fully saturated rings. The molecule has 0 aromatic heterocycles. The third-order valence-electron chi connectivity index (χ3n) is 3.40. The highest BCUT2D eigenvalue weighted by molar-refractivity contribution is 6.35. The topological polar surface area (TPSA) is 49.4 Å². The van der Waals surface area contributed by atoms with Crippen LogP contribution in [0.4, 0.5) is 10.5 Å². The van der Waals surface area contributed by atoms with Crippen molar-refractivity contribution in [3.05, 3.63) is 65.2 Å². The molecular formula is C16H13ClN2O2. The minimum absolute atomic E-state index is 0.281. The number of nitrogens with one attached hydrogen (secondary N) is 1.